The van der Waals surface area contributed by atoms with Crippen LogP contribution in [0.2, 0.25) is 0 Å². The molecule has 3 rings (SSSR count). The number of nitrogens with one attached hydrogen (secondary N) is 2. The van der Waals surface area contributed by atoms with E-state index < -0.39 is 0 Å². The van der Waals surface area contributed by atoms with Crippen LogP contribution in [0.3, 0.4) is 0 Å². The molecule has 6 nitrogen and oxygen atoms in total. The third kappa shape index (κ3) is 4.66. The smallest absolute Gasteiger partial charge is 0.234 e. The van der Waals surface area contributed by atoms with Gasteiger partial charge in [-0.3, -0.25) is 14.6 Å². The summed E-state index contributed by atoms with van der Waals surface area (Å²) >= 11 is 0. The summed E-state index contributed by atoms with van der Waals surface area (Å²) in [5.74, 6) is 0.185. The first-order valence-corrected chi connectivity index (χ1v) is 9.31. The number of ether oxygens (including phenoxy) is 1. The highest BCUT2D eigenvalue weighted by Gasteiger charge is 2.38. The first-order valence-electron chi connectivity index (χ1n) is 9.31. The predicted molar refractivity (Wildman–Crippen MR) is 90.5 cm³/mol. The molecule has 0 unspecified atom stereocenters. The highest BCUT2D eigenvalue weighted by molar-refractivity contribution is 5.78. The molecule has 0 aromatic heterocycles. The molecule has 3 fully saturated rings. The minimum Gasteiger partial charge on any atom is -0.379 e. The van der Waals surface area contributed by atoms with Gasteiger partial charge < -0.3 is 15.4 Å². The highest BCUT2D eigenvalue weighted by atomic mass is 16.5. The maximum atomic E-state index is 12.4. The number of carbonyl (C=O) groups is 1. The molecule has 3 aliphatic rings. The van der Waals surface area contributed by atoms with Gasteiger partial charge in [0.15, 0.2) is 0 Å². The van der Waals surface area contributed by atoms with E-state index in [0.29, 0.717) is 6.54 Å². The summed E-state index contributed by atoms with van der Waals surface area (Å²) in [7, 11) is 0. The molecule has 6 heteroatoms. The van der Waals surface area contributed by atoms with Crippen molar-refractivity contribution in [2.45, 2.75) is 37.6 Å². The Labute approximate surface area is 139 Å². The van der Waals surface area contributed by atoms with Gasteiger partial charge in [-0.15, -0.1) is 0 Å². The summed E-state index contributed by atoms with van der Waals surface area (Å²) in [6, 6.07) is 0. The number of morpholine rings is 1. The van der Waals surface area contributed by atoms with Crippen molar-refractivity contribution >= 4 is 5.91 Å². The molecule has 0 spiro atoms. The molecule has 2 saturated heterocycles. The number of rotatable bonds is 5. The fraction of sp³-hybridized carbons (Fsp3) is 0.941. The molecule has 1 saturated carbocycles. The second-order valence-electron chi connectivity index (χ2n) is 7.19. The van der Waals surface area contributed by atoms with Crippen molar-refractivity contribution < 1.29 is 9.53 Å². The Kier molecular flexibility index (Phi) is 6.28. The Morgan fingerprint density at radius 2 is 1.74 bits per heavy atom. The van der Waals surface area contributed by atoms with Gasteiger partial charge in [0, 0.05) is 51.4 Å². The lowest BCUT2D eigenvalue weighted by Gasteiger charge is -2.48. The van der Waals surface area contributed by atoms with Crippen LogP contribution in [0, 0.1) is 0 Å². The molecule has 1 aliphatic carbocycles. The van der Waals surface area contributed by atoms with Crippen molar-refractivity contribution in [1.29, 1.82) is 0 Å². The number of hydrogen-bond acceptors (Lipinski definition) is 5. The fourth-order valence-electron chi connectivity index (χ4n) is 4.24. The third-order valence-electron chi connectivity index (χ3n) is 5.66. The molecule has 2 heterocycles. The molecule has 0 radical (unpaired) electrons. The van der Waals surface area contributed by atoms with Gasteiger partial charge in [-0.05, 0) is 12.8 Å². The Hall–Kier alpha value is -0.690. The SMILES string of the molecule is O=C(CN1CCNCC1)NCC1(N2CCOCC2)CCCCC1. The van der Waals surface area contributed by atoms with Gasteiger partial charge in [-0.2, -0.15) is 0 Å². The lowest BCUT2D eigenvalue weighted by molar-refractivity contribution is -0.123. The molecule has 2 aliphatic heterocycles. The third-order valence-corrected chi connectivity index (χ3v) is 5.66. The molecule has 0 bridgehead atoms. The summed E-state index contributed by atoms with van der Waals surface area (Å²) in [6.45, 7) is 8.95. The first kappa shape index (κ1) is 17.1. The Bertz CT molecular complexity index is 373. The summed E-state index contributed by atoms with van der Waals surface area (Å²) in [5, 5.41) is 6.58. The van der Waals surface area contributed by atoms with Crippen molar-refractivity contribution in [3.05, 3.63) is 0 Å². The number of amides is 1. The molecule has 2 N–H and O–H groups in total. The van der Waals surface area contributed by atoms with Gasteiger partial charge in [-0.25, -0.2) is 0 Å². The van der Waals surface area contributed by atoms with Gasteiger partial charge >= 0.3 is 0 Å². The summed E-state index contributed by atoms with van der Waals surface area (Å²) < 4.78 is 5.52. The second kappa shape index (κ2) is 8.42. The average molecular weight is 324 g/mol. The summed E-state index contributed by atoms with van der Waals surface area (Å²) in [6.07, 6.45) is 6.32. The van der Waals surface area contributed by atoms with E-state index in [2.05, 4.69) is 20.4 Å². The van der Waals surface area contributed by atoms with Gasteiger partial charge in [0.1, 0.15) is 0 Å². The quantitative estimate of drug-likeness (QED) is 0.748. The molecular formula is C17H32N4O2. The molecule has 0 aromatic carbocycles. The minimum absolute atomic E-state index is 0.168. The second-order valence-corrected chi connectivity index (χ2v) is 7.19. The van der Waals surface area contributed by atoms with E-state index in [1.54, 1.807) is 0 Å². The number of piperazine rings is 1. The summed E-state index contributed by atoms with van der Waals surface area (Å²) in [4.78, 5) is 17.2. The van der Waals surface area contributed by atoms with E-state index in [-0.39, 0.29) is 11.4 Å². The molecule has 132 valence electrons. The van der Waals surface area contributed by atoms with Crippen LogP contribution in [-0.2, 0) is 9.53 Å². The van der Waals surface area contributed by atoms with E-state index in [1.165, 1.54) is 32.1 Å². The van der Waals surface area contributed by atoms with E-state index in [9.17, 15) is 4.79 Å². The van der Waals surface area contributed by atoms with Crippen LogP contribution in [-0.4, -0.2) is 86.8 Å². The van der Waals surface area contributed by atoms with E-state index in [0.717, 1.165) is 59.0 Å². The van der Waals surface area contributed by atoms with Gasteiger partial charge in [0.25, 0.3) is 0 Å². The molecular weight excluding hydrogens is 292 g/mol. The standard InChI is InChI=1S/C17H32N4O2/c22-16(14-20-8-6-18-7-9-20)19-15-17(4-2-1-3-5-17)21-10-12-23-13-11-21/h18H,1-15H2,(H,19,22). The van der Waals surface area contributed by atoms with Crippen LogP contribution in [0.5, 0.6) is 0 Å². The van der Waals surface area contributed by atoms with Crippen LogP contribution in [0.25, 0.3) is 0 Å². The molecule has 0 aromatic rings. The normalized spacial score (nSPS) is 26.8. The zero-order valence-corrected chi connectivity index (χ0v) is 14.3. The van der Waals surface area contributed by atoms with Crippen LogP contribution in [0.15, 0.2) is 0 Å². The number of nitrogens with zero attached hydrogens (tertiary/aromatic N) is 2. The Morgan fingerprint density at radius 3 is 2.43 bits per heavy atom. The van der Waals surface area contributed by atoms with E-state index in [4.69, 9.17) is 4.74 Å². The van der Waals surface area contributed by atoms with Gasteiger partial charge in [-0.1, -0.05) is 19.3 Å². The molecule has 1 amide bonds. The first-order chi connectivity index (χ1) is 11.3. The molecule has 0 atom stereocenters. The maximum absolute atomic E-state index is 12.4. The monoisotopic (exact) mass is 324 g/mol. The van der Waals surface area contributed by atoms with E-state index >= 15 is 0 Å². The molecule has 23 heavy (non-hydrogen) atoms. The Balaban J connectivity index is 1.52. The fourth-order valence-corrected chi connectivity index (χ4v) is 4.24. The van der Waals surface area contributed by atoms with Crippen LogP contribution in [0.1, 0.15) is 32.1 Å². The van der Waals surface area contributed by atoms with Crippen LogP contribution >= 0.6 is 0 Å². The lowest BCUT2D eigenvalue weighted by Crippen LogP contribution is -2.60. The zero-order chi connectivity index (χ0) is 16.0. The number of carbonyl (C=O) groups excluding carboxylic acids is 1. The van der Waals surface area contributed by atoms with Gasteiger partial charge in [0.05, 0.1) is 19.8 Å². The predicted octanol–water partition coefficient (Wildman–Crippen LogP) is 0.0429. The lowest BCUT2D eigenvalue weighted by atomic mass is 9.79. The van der Waals surface area contributed by atoms with Crippen LogP contribution in [0.4, 0.5) is 0 Å². The summed E-state index contributed by atoms with van der Waals surface area (Å²) in [5.41, 5.74) is 0.168. The maximum Gasteiger partial charge on any atom is 0.234 e. The topological polar surface area (TPSA) is 56.8 Å². The number of hydrogen-bond donors (Lipinski definition) is 2. The zero-order valence-electron chi connectivity index (χ0n) is 14.3. The van der Waals surface area contributed by atoms with Crippen molar-refractivity contribution in [3.8, 4) is 0 Å². The Morgan fingerprint density at radius 1 is 1.04 bits per heavy atom. The largest absolute Gasteiger partial charge is 0.379 e. The van der Waals surface area contributed by atoms with Crippen molar-refractivity contribution in [1.82, 2.24) is 20.4 Å². The van der Waals surface area contributed by atoms with Crippen molar-refractivity contribution in [2.24, 2.45) is 0 Å². The highest BCUT2D eigenvalue weighted by Crippen LogP contribution is 2.33. The minimum atomic E-state index is 0.168. The van der Waals surface area contributed by atoms with Gasteiger partial charge in [0.2, 0.25) is 5.91 Å². The van der Waals surface area contributed by atoms with E-state index in [1.807, 2.05) is 0 Å². The average Bonchev–Trinajstić information content (AvgIpc) is 2.62. The van der Waals surface area contributed by atoms with Crippen LogP contribution < -0.4 is 10.6 Å². The van der Waals surface area contributed by atoms with Crippen molar-refractivity contribution in [3.63, 3.8) is 0 Å². The van der Waals surface area contributed by atoms with Crippen molar-refractivity contribution in [2.75, 3.05) is 65.6 Å².